The van der Waals surface area contributed by atoms with Gasteiger partial charge < -0.3 is 14.2 Å². The Morgan fingerprint density at radius 1 is 1.28 bits per heavy atom. The number of benzene rings is 1. The van der Waals surface area contributed by atoms with Gasteiger partial charge in [-0.2, -0.15) is 0 Å². The van der Waals surface area contributed by atoms with E-state index in [9.17, 15) is 4.79 Å². The number of nitrogens with one attached hydrogen (secondary N) is 1. The number of methoxy groups -OCH3 is 1. The molecule has 1 N–H and O–H groups in total. The molecule has 0 radical (unpaired) electrons. The summed E-state index contributed by atoms with van der Waals surface area (Å²) in [6.45, 7) is 5.03. The molecular weight excluding hydrogens is 234 g/mol. The van der Waals surface area contributed by atoms with Gasteiger partial charge in [0.2, 0.25) is 0 Å². The molecule has 0 aromatic heterocycles. The molecule has 5 nitrogen and oxygen atoms in total. The largest absolute Gasteiger partial charge is 0.494 e. The van der Waals surface area contributed by atoms with Crippen LogP contribution in [-0.2, 0) is 16.1 Å². The molecule has 0 atom stereocenters. The van der Waals surface area contributed by atoms with E-state index >= 15 is 0 Å². The van der Waals surface area contributed by atoms with Crippen molar-refractivity contribution in [2.45, 2.75) is 20.5 Å². The number of carbonyl (C=O) groups excluding carboxylic acids is 1. The maximum Gasteiger partial charge on any atom is 0.411 e. The second-order valence-electron chi connectivity index (χ2n) is 3.53. The Morgan fingerprint density at radius 2 is 2.06 bits per heavy atom. The van der Waals surface area contributed by atoms with Crippen LogP contribution < -0.4 is 10.1 Å². The van der Waals surface area contributed by atoms with Crippen molar-refractivity contribution in [3.05, 3.63) is 23.8 Å². The minimum atomic E-state index is -0.468. The van der Waals surface area contributed by atoms with E-state index in [1.54, 1.807) is 26.2 Å². The van der Waals surface area contributed by atoms with Gasteiger partial charge in [-0.1, -0.05) is 0 Å². The van der Waals surface area contributed by atoms with Crippen LogP contribution in [0.25, 0.3) is 0 Å². The number of rotatable bonds is 6. The van der Waals surface area contributed by atoms with Gasteiger partial charge in [-0.25, -0.2) is 4.79 Å². The van der Waals surface area contributed by atoms with Gasteiger partial charge in [0.05, 0.1) is 19.8 Å². The molecule has 0 saturated carbocycles. The van der Waals surface area contributed by atoms with E-state index in [0.717, 1.165) is 11.3 Å². The van der Waals surface area contributed by atoms with Crippen molar-refractivity contribution < 1.29 is 19.0 Å². The average molecular weight is 253 g/mol. The van der Waals surface area contributed by atoms with Crippen LogP contribution >= 0.6 is 0 Å². The quantitative estimate of drug-likeness (QED) is 0.847. The SMILES string of the molecule is CCOC(=O)Nc1ccc(OCC)c(COC)c1. The fourth-order valence-electron chi connectivity index (χ4n) is 1.51. The zero-order valence-corrected chi connectivity index (χ0v) is 11.0. The first kappa shape index (κ1) is 14.3. The Kier molecular flexibility index (Phi) is 6.00. The molecule has 100 valence electrons. The molecule has 0 saturated heterocycles. The average Bonchev–Trinajstić information content (AvgIpc) is 2.33. The molecular formula is C13H19NO4. The summed E-state index contributed by atoms with van der Waals surface area (Å²) < 4.78 is 15.4. The van der Waals surface area contributed by atoms with Crippen molar-refractivity contribution >= 4 is 11.8 Å². The number of hydrogen-bond donors (Lipinski definition) is 1. The smallest absolute Gasteiger partial charge is 0.411 e. The summed E-state index contributed by atoms with van der Waals surface area (Å²) in [7, 11) is 1.61. The van der Waals surface area contributed by atoms with Crippen LogP contribution in [-0.4, -0.2) is 26.4 Å². The van der Waals surface area contributed by atoms with Crippen LogP contribution in [0.1, 0.15) is 19.4 Å². The predicted molar refractivity (Wildman–Crippen MR) is 69.0 cm³/mol. The number of carbonyl (C=O) groups is 1. The maximum absolute atomic E-state index is 11.3. The normalized spacial score (nSPS) is 9.94. The first-order valence-corrected chi connectivity index (χ1v) is 5.89. The van der Waals surface area contributed by atoms with Gasteiger partial charge in [-0.05, 0) is 32.0 Å². The first-order valence-electron chi connectivity index (χ1n) is 5.89. The minimum absolute atomic E-state index is 0.341. The lowest BCUT2D eigenvalue weighted by Crippen LogP contribution is -2.13. The molecule has 0 fully saturated rings. The highest BCUT2D eigenvalue weighted by molar-refractivity contribution is 5.84. The van der Waals surface area contributed by atoms with E-state index in [4.69, 9.17) is 14.2 Å². The third-order valence-electron chi connectivity index (χ3n) is 2.18. The number of ether oxygens (including phenoxy) is 3. The van der Waals surface area contributed by atoms with Crippen molar-refractivity contribution in [3.8, 4) is 5.75 Å². The second-order valence-corrected chi connectivity index (χ2v) is 3.53. The molecule has 0 aliphatic heterocycles. The summed E-state index contributed by atoms with van der Waals surface area (Å²) in [5.41, 5.74) is 1.54. The van der Waals surface area contributed by atoms with Gasteiger partial charge >= 0.3 is 6.09 Å². The number of amides is 1. The lowest BCUT2D eigenvalue weighted by atomic mass is 10.2. The molecule has 0 heterocycles. The first-order chi connectivity index (χ1) is 8.71. The highest BCUT2D eigenvalue weighted by Crippen LogP contribution is 2.23. The van der Waals surface area contributed by atoms with Crippen LogP contribution in [0.5, 0.6) is 5.75 Å². The van der Waals surface area contributed by atoms with E-state index in [0.29, 0.717) is 25.5 Å². The summed E-state index contributed by atoms with van der Waals surface area (Å²) in [5, 5.41) is 2.64. The van der Waals surface area contributed by atoms with Crippen molar-refractivity contribution in [1.82, 2.24) is 0 Å². The Balaban J connectivity index is 2.81. The standard InChI is InChI=1S/C13H19NO4/c1-4-17-12-7-6-11(8-10(12)9-16-3)14-13(15)18-5-2/h6-8H,4-5,9H2,1-3H3,(H,14,15). The van der Waals surface area contributed by atoms with E-state index in [-0.39, 0.29) is 0 Å². The zero-order chi connectivity index (χ0) is 13.4. The highest BCUT2D eigenvalue weighted by Gasteiger charge is 2.07. The summed E-state index contributed by atoms with van der Waals surface area (Å²) in [4.78, 5) is 11.3. The van der Waals surface area contributed by atoms with Gasteiger partial charge in [0.15, 0.2) is 0 Å². The van der Waals surface area contributed by atoms with Crippen LogP contribution in [0.2, 0.25) is 0 Å². The van der Waals surface area contributed by atoms with Crippen molar-refractivity contribution in [1.29, 1.82) is 0 Å². The molecule has 1 aromatic rings. The van der Waals surface area contributed by atoms with Gasteiger partial charge in [-0.3, -0.25) is 5.32 Å². The molecule has 0 unspecified atom stereocenters. The van der Waals surface area contributed by atoms with Gasteiger partial charge in [0, 0.05) is 18.4 Å². The fraction of sp³-hybridized carbons (Fsp3) is 0.462. The monoisotopic (exact) mass is 253 g/mol. The topological polar surface area (TPSA) is 56.8 Å². The lowest BCUT2D eigenvalue weighted by Gasteiger charge is -2.12. The van der Waals surface area contributed by atoms with Crippen LogP contribution in [0.3, 0.4) is 0 Å². The van der Waals surface area contributed by atoms with Crippen molar-refractivity contribution in [2.24, 2.45) is 0 Å². The Bertz CT molecular complexity index is 393. The van der Waals surface area contributed by atoms with Crippen LogP contribution in [0.15, 0.2) is 18.2 Å². The van der Waals surface area contributed by atoms with E-state index < -0.39 is 6.09 Å². The Morgan fingerprint density at radius 3 is 2.67 bits per heavy atom. The summed E-state index contributed by atoms with van der Waals surface area (Å²) in [6.07, 6.45) is -0.468. The third-order valence-corrected chi connectivity index (χ3v) is 2.18. The van der Waals surface area contributed by atoms with E-state index in [2.05, 4.69) is 5.32 Å². The molecule has 5 heteroatoms. The predicted octanol–water partition coefficient (Wildman–Crippen LogP) is 2.80. The van der Waals surface area contributed by atoms with Crippen molar-refractivity contribution in [2.75, 3.05) is 25.6 Å². The minimum Gasteiger partial charge on any atom is -0.494 e. The van der Waals surface area contributed by atoms with Gasteiger partial charge in [-0.15, -0.1) is 0 Å². The molecule has 0 aliphatic rings. The molecule has 1 aromatic carbocycles. The lowest BCUT2D eigenvalue weighted by molar-refractivity contribution is 0.168. The van der Waals surface area contributed by atoms with E-state index in [1.165, 1.54) is 0 Å². The van der Waals surface area contributed by atoms with Crippen molar-refractivity contribution in [3.63, 3.8) is 0 Å². The Hall–Kier alpha value is -1.75. The molecule has 18 heavy (non-hydrogen) atoms. The molecule has 0 aliphatic carbocycles. The Labute approximate surface area is 107 Å². The molecule has 0 spiro atoms. The van der Waals surface area contributed by atoms with Crippen LogP contribution in [0, 0.1) is 0 Å². The summed E-state index contributed by atoms with van der Waals surface area (Å²) >= 11 is 0. The summed E-state index contributed by atoms with van der Waals surface area (Å²) in [6, 6.07) is 5.38. The van der Waals surface area contributed by atoms with Gasteiger partial charge in [0.25, 0.3) is 0 Å². The maximum atomic E-state index is 11.3. The molecule has 1 amide bonds. The van der Waals surface area contributed by atoms with Gasteiger partial charge in [0.1, 0.15) is 5.75 Å². The zero-order valence-electron chi connectivity index (χ0n) is 11.0. The third kappa shape index (κ3) is 4.25. The number of hydrogen-bond acceptors (Lipinski definition) is 4. The highest BCUT2D eigenvalue weighted by atomic mass is 16.5. The summed E-state index contributed by atoms with van der Waals surface area (Å²) in [5.74, 6) is 0.758. The second kappa shape index (κ2) is 7.55. The molecule has 1 rings (SSSR count). The van der Waals surface area contributed by atoms with E-state index in [1.807, 2.05) is 13.0 Å². The van der Waals surface area contributed by atoms with Crippen LogP contribution in [0.4, 0.5) is 10.5 Å². The number of anilines is 1. The fourth-order valence-corrected chi connectivity index (χ4v) is 1.51. The molecule has 0 bridgehead atoms.